The molecule has 1 fully saturated rings. The molecule has 1 aromatic heterocycles. The first-order valence-electron chi connectivity index (χ1n) is 5.67. The summed E-state index contributed by atoms with van der Waals surface area (Å²) < 4.78 is 0. The fraction of sp³-hybridized carbons (Fsp3) is 0.500. The van der Waals surface area contributed by atoms with E-state index in [1.54, 1.807) is 25.9 Å². The summed E-state index contributed by atoms with van der Waals surface area (Å²) in [5.41, 5.74) is 5.62. The average Bonchev–Trinajstić information content (AvgIpc) is 2.32. The number of carbonyl (C=O) groups is 2. The van der Waals surface area contributed by atoms with E-state index in [4.69, 9.17) is 5.73 Å². The average molecular weight is 265 g/mol. The number of hydrogen-bond acceptors (Lipinski definition) is 8. The quantitative estimate of drug-likeness (QED) is 0.612. The van der Waals surface area contributed by atoms with Gasteiger partial charge < -0.3 is 15.5 Å². The highest BCUT2D eigenvalue weighted by atomic mass is 16.2. The Morgan fingerprint density at radius 3 is 2.63 bits per heavy atom. The number of nitrogens with two attached hydrogens (primary N) is 1. The van der Waals surface area contributed by atoms with Crippen LogP contribution in [-0.2, 0) is 9.59 Å². The van der Waals surface area contributed by atoms with Gasteiger partial charge in [0.25, 0.3) is 0 Å². The van der Waals surface area contributed by atoms with Gasteiger partial charge in [0.15, 0.2) is 0 Å². The van der Waals surface area contributed by atoms with Gasteiger partial charge in [0, 0.05) is 14.1 Å². The fourth-order valence-electron chi connectivity index (χ4n) is 1.66. The maximum absolute atomic E-state index is 11.6. The molecule has 9 heteroatoms. The Hall–Kier alpha value is -2.45. The molecule has 1 aromatic rings. The summed E-state index contributed by atoms with van der Waals surface area (Å²) >= 11 is 0. The number of nitrogen functional groups attached to an aromatic ring is 1. The van der Waals surface area contributed by atoms with E-state index in [0.29, 0.717) is 5.95 Å². The number of hydrogen-bond donors (Lipinski definition) is 2. The van der Waals surface area contributed by atoms with Crippen LogP contribution in [0.5, 0.6) is 0 Å². The summed E-state index contributed by atoms with van der Waals surface area (Å²) in [5, 5.41) is 2.25. The summed E-state index contributed by atoms with van der Waals surface area (Å²) in [6.45, 7) is 1.67. The Labute approximate surface area is 109 Å². The van der Waals surface area contributed by atoms with E-state index in [0.717, 1.165) is 0 Å². The molecule has 19 heavy (non-hydrogen) atoms. The van der Waals surface area contributed by atoms with Crippen molar-refractivity contribution >= 4 is 29.7 Å². The maximum atomic E-state index is 11.6. The Morgan fingerprint density at radius 2 is 2.00 bits per heavy atom. The molecule has 1 aliphatic rings. The summed E-state index contributed by atoms with van der Waals surface area (Å²) in [4.78, 5) is 38.3. The van der Waals surface area contributed by atoms with Crippen molar-refractivity contribution in [3.05, 3.63) is 0 Å². The van der Waals surface area contributed by atoms with Crippen LogP contribution < -0.4 is 20.9 Å². The molecule has 0 bridgehead atoms. The van der Waals surface area contributed by atoms with E-state index in [1.165, 1.54) is 4.90 Å². The lowest BCUT2D eigenvalue weighted by Gasteiger charge is -2.31. The number of piperazine rings is 1. The molecule has 2 amide bonds. The lowest BCUT2D eigenvalue weighted by Crippen LogP contribution is -2.57. The number of nitrogens with one attached hydrogen (secondary N) is 1. The highest BCUT2D eigenvalue weighted by Gasteiger charge is 2.32. The van der Waals surface area contributed by atoms with Gasteiger partial charge in [0.1, 0.15) is 12.6 Å². The summed E-state index contributed by atoms with van der Waals surface area (Å²) in [5.74, 6) is -0.158. The predicted molar refractivity (Wildman–Crippen MR) is 68.5 cm³/mol. The first-order valence-corrected chi connectivity index (χ1v) is 5.67. The predicted octanol–water partition coefficient (Wildman–Crippen LogP) is -1.63. The molecule has 1 aliphatic heterocycles. The zero-order valence-corrected chi connectivity index (χ0v) is 10.9. The Morgan fingerprint density at radius 1 is 1.32 bits per heavy atom. The lowest BCUT2D eigenvalue weighted by molar-refractivity contribution is -0.132. The Bertz CT molecular complexity index is 531. The van der Waals surface area contributed by atoms with E-state index in [-0.39, 0.29) is 24.3 Å². The van der Waals surface area contributed by atoms with Crippen LogP contribution in [0.25, 0.3) is 0 Å². The lowest BCUT2D eigenvalue weighted by atomic mass is 10.2. The van der Waals surface area contributed by atoms with Crippen LogP contribution in [0.1, 0.15) is 6.92 Å². The zero-order valence-electron chi connectivity index (χ0n) is 10.9. The van der Waals surface area contributed by atoms with Gasteiger partial charge in [-0.05, 0) is 6.92 Å². The molecular weight excluding hydrogens is 250 g/mol. The van der Waals surface area contributed by atoms with Gasteiger partial charge in [0.2, 0.25) is 29.7 Å². The number of carbonyl (C=O) groups excluding carboxylic acids is 2. The second-order valence-electron chi connectivity index (χ2n) is 4.40. The molecule has 2 heterocycles. The molecule has 0 aliphatic carbocycles. The number of imide groups is 1. The van der Waals surface area contributed by atoms with Gasteiger partial charge in [0.05, 0.1) is 0 Å². The Kier molecular flexibility index (Phi) is 3.19. The molecule has 0 radical (unpaired) electrons. The van der Waals surface area contributed by atoms with Crippen LogP contribution in [0.3, 0.4) is 0 Å². The summed E-state index contributed by atoms with van der Waals surface area (Å²) in [6, 6.07) is -0.547. The van der Waals surface area contributed by atoms with Crippen molar-refractivity contribution in [2.24, 2.45) is 0 Å². The normalized spacial score (nSPS) is 19.3. The first-order chi connectivity index (χ1) is 8.88. The maximum Gasteiger partial charge on any atom is 0.249 e. The van der Waals surface area contributed by atoms with Crippen molar-refractivity contribution < 1.29 is 9.59 Å². The molecule has 1 atom stereocenters. The topological polar surface area (TPSA) is 117 Å². The summed E-state index contributed by atoms with van der Waals surface area (Å²) in [6.07, 6.45) is 0. The van der Waals surface area contributed by atoms with Crippen LogP contribution in [0.4, 0.5) is 17.8 Å². The minimum Gasteiger partial charge on any atom is -0.368 e. The van der Waals surface area contributed by atoms with Crippen LogP contribution in [0.15, 0.2) is 0 Å². The molecule has 0 spiro atoms. The number of nitrogens with zero attached hydrogens (tertiary/aromatic N) is 5. The molecular formula is C10H15N7O2. The van der Waals surface area contributed by atoms with Crippen molar-refractivity contribution in [1.29, 1.82) is 0 Å². The third-order valence-corrected chi connectivity index (χ3v) is 2.71. The van der Waals surface area contributed by atoms with E-state index < -0.39 is 11.9 Å². The molecule has 0 aromatic carbocycles. The van der Waals surface area contributed by atoms with Crippen molar-refractivity contribution in [3.8, 4) is 0 Å². The van der Waals surface area contributed by atoms with Crippen molar-refractivity contribution in [3.63, 3.8) is 0 Å². The molecule has 9 nitrogen and oxygen atoms in total. The molecule has 1 unspecified atom stereocenters. The third kappa shape index (κ3) is 2.54. The molecule has 0 saturated carbocycles. The number of rotatable bonds is 2. The standard InChI is InChI=1S/C10H15N7O2/c1-5-7(19)12-6(18)4-17(5)10-14-8(11)13-9(15-10)16(2)3/h5H,4H2,1-3H3,(H,12,18,19)(H2,11,13,14,15). The third-order valence-electron chi connectivity index (χ3n) is 2.71. The monoisotopic (exact) mass is 265 g/mol. The van der Waals surface area contributed by atoms with Gasteiger partial charge in [-0.15, -0.1) is 0 Å². The minimum absolute atomic E-state index is 0.00320. The Balaban J connectivity index is 2.39. The molecule has 1 saturated heterocycles. The van der Waals surface area contributed by atoms with E-state index in [1.807, 2.05) is 0 Å². The number of amides is 2. The van der Waals surface area contributed by atoms with Crippen LogP contribution in [0.2, 0.25) is 0 Å². The van der Waals surface area contributed by atoms with Crippen LogP contribution in [-0.4, -0.2) is 53.4 Å². The second-order valence-corrected chi connectivity index (χ2v) is 4.40. The first kappa shape index (κ1) is 13.0. The van der Waals surface area contributed by atoms with Gasteiger partial charge >= 0.3 is 0 Å². The van der Waals surface area contributed by atoms with Gasteiger partial charge in [-0.3, -0.25) is 14.9 Å². The summed E-state index contributed by atoms with van der Waals surface area (Å²) in [7, 11) is 3.52. The van der Waals surface area contributed by atoms with E-state index in [9.17, 15) is 9.59 Å². The highest BCUT2D eigenvalue weighted by molar-refractivity contribution is 6.04. The van der Waals surface area contributed by atoms with Gasteiger partial charge in [-0.1, -0.05) is 0 Å². The number of aromatic nitrogens is 3. The van der Waals surface area contributed by atoms with Crippen LogP contribution in [0, 0.1) is 0 Å². The highest BCUT2D eigenvalue weighted by Crippen LogP contribution is 2.17. The fourth-order valence-corrected chi connectivity index (χ4v) is 1.66. The smallest absolute Gasteiger partial charge is 0.249 e. The molecule has 3 N–H and O–H groups in total. The zero-order chi connectivity index (χ0) is 14.2. The van der Waals surface area contributed by atoms with E-state index >= 15 is 0 Å². The van der Waals surface area contributed by atoms with E-state index in [2.05, 4.69) is 20.3 Å². The van der Waals surface area contributed by atoms with Crippen molar-refractivity contribution in [2.45, 2.75) is 13.0 Å². The second kappa shape index (κ2) is 4.67. The van der Waals surface area contributed by atoms with Crippen molar-refractivity contribution in [2.75, 3.05) is 36.2 Å². The SMILES string of the molecule is CC1C(=O)NC(=O)CN1c1nc(N)nc(N(C)C)n1. The molecule has 102 valence electrons. The van der Waals surface area contributed by atoms with Crippen LogP contribution >= 0.6 is 0 Å². The van der Waals surface area contributed by atoms with Gasteiger partial charge in [-0.2, -0.15) is 15.0 Å². The van der Waals surface area contributed by atoms with Crippen molar-refractivity contribution in [1.82, 2.24) is 20.3 Å². The minimum atomic E-state index is -0.547. The molecule has 2 rings (SSSR count). The largest absolute Gasteiger partial charge is 0.368 e. The van der Waals surface area contributed by atoms with Gasteiger partial charge in [-0.25, -0.2) is 0 Å². The number of anilines is 3.